The van der Waals surface area contributed by atoms with Gasteiger partial charge in [0.15, 0.2) is 0 Å². The minimum atomic E-state index is -0.181. The smallest absolute Gasteiger partial charge is 0.251 e. The number of hydrogen-bond donors (Lipinski definition) is 2. The lowest BCUT2D eigenvalue weighted by Gasteiger charge is -2.10. The second-order valence-corrected chi connectivity index (χ2v) is 4.96. The summed E-state index contributed by atoms with van der Waals surface area (Å²) in [5.41, 5.74) is 2.34. The lowest BCUT2D eigenvalue weighted by molar-refractivity contribution is 0.0952. The fraction of sp³-hybridized carbons (Fsp3) is 0.438. The van der Waals surface area contributed by atoms with Gasteiger partial charge in [0.1, 0.15) is 6.61 Å². The van der Waals surface area contributed by atoms with Gasteiger partial charge in [0, 0.05) is 17.7 Å². The molecule has 0 atom stereocenters. The monoisotopic (exact) mass is 274 g/mol. The van der Waals surface area contributed by atoms with E-state index in [9.17, 15) is 4.79 Å². The molecule has 0 aliphatic rings. The van der Waals surface area contributed by atoms with Crippen molar-refractivity contribution in [2.24, 2.45) is 0 Å². The number of aryl methyl sites for hydroxylation is 1. The fourth-order valence-electron chi connectivity index (χ4n) is 1.83. The summed E-state index contributed by atoms with van der Waals surface area (Å²) in [6.07, 6.45) is 0.918. The first kappa shape index (κ1) is 16.2. The van der Waals surface area contributed by atoms with E-state index in [1.54, 1.807) is 6.07 Å². The normalized spacial score (nSPS) is 10.1. The highest BCUT2D eigenvalue weighted by Gasteiger charge is 2.06. The topological polar surface area (TPSA) is 52.6 Å². The van der Waals surface area contributed by atoms with Crippen LogP contribution in [0.3, 0.4) is 0 Å². The Morgan fingerprint density at radius 2 is 2.10 bits per heavy atom. The van der Waals surface area contributed by atoms with Crippen LogP contribution >= 0.6 is 0 Å². The van der Waals surface area contributed by atoms with E-state index in [4.69, 9.17) is 5.11 Å². The van der Waals surface area contributed by atoms with Gasteiger partial charge in [0.05, 0.1) is 0 Å². The molecule has 1 aromatic rings. The molecule has 0 aliphatic heterocycles. The van der Waals surface area contributed by atoms with E-state index in [0.29, 0.717) is 12.1 Å². The summed E-state index contributed by atoms with van der Waals surface area (Å²) < 4.78 is 0. The SMILES string of the molecule is Cc1cc(C#CCO)cc(C(=O)NCCCN(C)C)c1. The van der Waals surface area contributed by atoms with Crippen LogP contribution in [0.5, 0.6) is 0 Å². The summed E-state index contributed by atoms with van der Waals surface area (Å²) in [4.78, 5) is 14.1. The van der Waals surface area contributed by atoms with Crippen molar-refractivity contribution in [2.45, 2.75) is 13.3 Å². The molecular weight excluding hydrogens is 252 g/mol. The third-order valence-corrected chi connectivity index (χ3v) is 2.72. The standard InChI is InChI=1S/C16H22N2O2/c1-13-10-14(6-4-9-19)12-15(11-13)16(20)17-7-5-8-18(2)3/h10-12,19H,5,7-9H2,1-3H3,(H,17,20). The molecule has 4 nitrogen and oxygen atoms in total. The number of carbonyl (C=O) groups is 1. The maximum atomic E-state index is 12.0. The molecule has 1 aromatic carbocycles. The molecule has 2 N–H and O–H groups in total. The Morgan fingerprint density at radius 3 is 2.75 bits per heavy atom. The number of nitrogens with zero attached hydrogens (tertiary/aromatic N) is 1. The van der Waals surface area contributed by atoms with Crippen molar-refractivity contribution in [3.8, 4) is 11.8 Å². The molecule has 1 amide bonds. The van der Waals surface area contributed by atoms with Crippen molar-refractivity contribution in [3.05, 3.63) is 34.9 Å². The average molecular weight is 274 g/mol. The van der Waals surface area contributed by atoms with Crippen LogP contribution in [0.2, 0.25) is 0 Å². The van der Waals surface area contributed by atoms with Gasteiger partial charge < -0.3 is 15.3 Å². The third-order valence-electron chi connectivity index (χ3n) is 2.72. The second kappa shape index (κ2) is 8.36. The number of rotatable bonds is 5. The lowest BCUT2D eigenvalue weighted by Crippen LogP contribution is -2.27. The minimum Gasteiger partial charge on any atom is -0.384 e. The van der Waals surface area contributed by atoms with E-state index in [-0.39, 0.29) is 12.5 Å². The molecule has 0 spiro atoms. The van der Waals surface area contributed by atoms with Crippen LogP contribution in [0, 0.1) is 18.8 Å². The minimum absolute atomic E-state index is 0.0838. The van der Waals surface area contributed by atoms with Crippen LogP contribution < -0.4 is 5.32 Å². The molecule has 4 heteroatoms. The number of aliphatic hydroxyl groups is 1. The van der Waals surface area contributed by atoms with Crippen LogP contribution in [0.25, 0.3) is 0 Å². The summed E-state index contributed by atoms with van der Waals surface area (Å²) in [6, 6.07) is 5.48. The van der Waals surface area contributed by atoms with Crippen LogP contribution in [-0.4, -0.2) is 49.7 Å². The second-order valence-electron chi connectivity index (χ2n) is 4.96. The van der Waals surface area contributed by atoms with E-state index < -0.39 is 0 Å². The average Bonchev–Trinajstić information content (AvgIpc) is 2.40. The van der Waals surface area contributed by atoms with Gasteiger partial charge in [-0.05, 0) is 57.7 Å². The first-order valence-corrected chi connectivity index (χ1v) is 6.67. The highest BCUT2D eigenvalue weighted by Crippen LogP contribution is 2.09. The zero-order valence-electron chi connectivity index (χ0n) is 12.4. The summed E-state index contributed by atoms with van der Waals surface area (Å²) in [7, 11) is 4.02. The van der Waals surface area contributed by atoms with Crippen molar-refractivity contribution >= 4 is 5.91 Å². The molecule has 0 aliphatic carbocycles. The van der Waals surface area contributed by atoms with Crippen LogP contribution in [0.1, 0.15) is 27.9 Å². The first-order valence-electron chi connectivity index (χ1n) is 6.67. The molecule has 20 heavy (non-hydrogen) atoms. The van der Waals surface area contributed by atoms with Crippen molar-refractivity contribution < 1.29 is 9.90 Å². The van der Waals surface area contributed by atoms with Crippen LogP contribution in [-0.2, 0) is 0 Å². The molecule has 0 aromatic heterocycles. The maximum Gasteiger partial charge on any atom is 0.251 e. The van der Waals surface area contributed by atoms with E-state index in [1.165, 1.54) is 0 Å². The summed E-state index contributed by atoms with van der Waals surface area (Å²) in [5.74, 6) is 5.33. The molecule has 0 heterocycles. The predicted octanol–water partition coefficient (Wildman–Crippen LogP) is 1.02. The van der Waals surface area contributed by atoms with Gasteiger partial charge in [-0.15, -0.1) is 0 Å². The van der Waals surface area contributed by atoms with Crippen molar-refractivity contribution in [1.82, 2.24) is 10.2 Å². The largest absolute Gasteiger partial charge is 0.384 e. The number of hydrogen-bond acceptors (Lipinski definition) is 3. The molecule has 0 bridgehead atoms. The number of benzene rings is 1. The van der Waals surface area contributed by atoms with Crippen molar-refractivity contribution in [3.63, 3.8) is 0 Å². The molecule has 1 rings (SSSR count). The summed E-state index contributed by atoms with van der Waals surface area (Å²) >= 11 is 0. The van der Waals surface area contributed by atoms with Gasteiger partial charge >= 0.3 is 0 Å². The quantitative estimate of drug-likeness (QED) is 0.622. The first-order chi connectivity index (χ1) is 9.52. The Morgan fingerprint density at radius 1 is 1.35 bits per heavy atom. The van der Waals surface area contributed by atoms with Crippen molar-refractivity contribution in [2.75, 3.05) is 33.8 Å². The molecule has 0 unspecified atom stereocenters. The molecule has 0 saturated heterocycles. The number of nitrogens with one attached hydrogen (secondary N) is 1. The van der Waals surface area contributed by atoms with E-state index in [0.717, 1.165) is 24.1 Å². The Labute approximate surface area is 120 Å². The lowest BCUT2D eigenvalue weighted by atomic mass is 10.1. The molecule has 0 fully saturated rings. The van der Waals surface area contributed by atoms with E-state index >= 15 is 0 Å². The third kappa shape index (κ3) is 5.87. The highest BCUT2D eigenvalue weighted by atomic mass is 16.2. The number of carbonyl (C=O) groups excluding carboxylic acids is 1. The van der Waals surface area contributed by atoms with Gasteiger partial charge in [-0.2, -0.15) is 0 Å². The number of amides is 1. The van der Waals surface area contributed by atoms with Gasteiger partial charge in [0.2, 0.25) is 0 Å². The Bertz CT molecular complexity index is 513. The van der Waals surface area contributed by atoms with Gasteiger partial charge in [-0.1, -0.05) is 11.8 Å². The van der Waals surface area contributed by atoms with E-state index in [1.807, 2.05) is 33.2 Å². The Balaban J connectivity index is 2.65. The predicted molar refractivity (Wildman–Crippen MR) is 80.6 cm³/mol. The molecule has 0 saturated carbocycles. The molecule has 108 valence electrons. The zero-order valence-corrected chi connectivity index (χ0v) is 12.4. The van der Waals surface area contributed by atoms with Crippen LogP contribution in [0.15, 0.2) is 18.2 Å². The summed E-state index contributed by atoms with van der Waals surface area (Å²) in [5, 5.41) is 11.6. The van der Waals surface area contributed by atoms with Gasteiger partial charge in [0.25, 0.3) is 5.91 Å². The highest BCUT2D eigenvalue weighted by molar-refractivity contribution is 5.94. The number of aliphatic hydroxyl groups excluding tert-OH is 1. The fourth-order valence-corrected chi connectivity index (χ4v) is 1.83. The van der Waals surface area contributed by atoms with Gasteiger partial charge in [-0.3, -0.25) is 4.79 Å². The molecule has 0 radical (unpaired) electrons. The van der Waals surface area contributed by atoms with E-state index in [2.05, 4.69) is 22.1 Å². The van der Waals surface area contributed by atoms with Crippen molar-refractivity contribution in [1.29, 1.82) is 0 Å². The van der Waals surface area contributed by atoms with Gasteiger partial charge in [-0.25, -0.2) is 0 Å². The molecular formula is C16H22N2O2. The Kier molecular flexibility index (Phi) is 6.78. The van der Waals surface area contributed by atoms with Crippen LogP contribution in [0.4, 0.5) is 0 Å². The Hall–Kier alpha value is -1.83. The zero-order chi connectivity index (χ0) is 15.0. The maximum absolute atomic E-state index is 12.0. The summed E-state index contributed by atoms with van der Waals surface area (Å²) in [6.45, 7) is 3.34.